The van der Waals surface area contributed by atoms with Gasteiger partial charge in [0.1, 0.15) is 11.6 Å². The van der Waals surface area contributed by atoms with E-state index < -0.39 is 0 Å². The van der Waals surface area contributed by atoms with Crippen molar-refractivity contribution in [2.24, 2.45) is 0 Å². The molecule has 1 aromatic rings. The molecule has 98 valence electrons. The number of ether oxygens (including phenoxy) is 1. The average molecular weight is 269 g/mol. The highest BCUT2D eigenvalue weighted by atomic mass is 35.5. The Balaban J connectivity index is 2.78. The van der Waals surface area contributed by atoms with Crippen LogP contribution in [0.3, 0.4) is 0 Å². The summed E-state index contributed by atoms with van der Waals surface area (Å²) in [5.41, 5.74) is 0.624. The second kappa shape index (κ2) is 8.00. The van der Waals surface area contributed by atoms with E-state index in [1.54, 1.807) is 6.07 Å². The average Bonchev–Trinajstić information content (AvgIpc) is 2.28. The standard InChI is InChI=1S/C15H18ClFO/c1-3-6-12(2)18-15-10-13(7-4-5-8-16)9-14(17)11-15/h9-12H,3,5-6,8H2,1-2H3. The molecule has 0 aliphatic rings. The van der Waals surface area contributed by atoms with E-state index in [4.69, 9.17) is 16.3 Å². The molecule has 0 N–H and O–H groups in total. The molecule has 1 nitrogen and oxygen atoms in total. The monoisotopic (exact) mass is 268 g/mol. The van der Waals surface area contributed by atoms with Gasteiger partial charge in [0.2, 0.25) is 0 Å². The Bertz CT molecular complexity index is 434. The van der Waals surface area contributed by atoms with Crippen LogP contribution in [-0.2, 0) is 0 Å². The Hall–Kier alpha value is -1.20. The Kier molecular flexibility index (Phi) is 6.60. The third-order valence-electron chi connectivity index (χ3n) is 2.36. The van der Waals surface area contributed by atoms with Crippen molar-refractivity contribution in [2.45, 2.75) is 39.2 Å². The van der Waals surface area contributed by atoms with E-state index in [0.29, 0.717) is 23.6 Å². The van der Waals surface area contributed by atoms with Crippen molar-refractivity contribution in [3.63, 3.8) is 0 Å². The molecule has 0 bridgehead atoms. The number of alkyl halides is 1. The predicted molar refractivity (Wildman–Crippen MR) is 73.6 cm³/mol. The zero-order valence-corrected chi connectivity index (χ0v) is 11.6. The summed E-state index contributed by atoms with van der Waals surface area (Å²) in [6.45, 7) is 4.07. The van der Waals surface area contributed by atoms with Gasteiger partial charge in [0, 0.05) is 23.9 Å². The Morgan fingerprint density at radius 3 is 2.83 bits per heavy atom. The minimum Gasteiger partial charge on any atom is -0.491 e. The van der Waals surface area contributed by atoms with E-state index in [1.165, 1.54) is 12.1 Å². The molecule has 1 unspecified atom stereocenters. The van der Waals surface area contributed by atoms with Gasteiger partial charge in [-0.15, -0.1) is 11.6 Å². The van der Waals surface area contributed by atoms with E-state index in [9.17, 15) is 4.39 Å². The lowest BCUT2D eigenvalue weighted by Gasteiger charge is -2.13. The molecule has 0 fully saturated rings. The van der Waals surface area contributed by atoms with Crippen LogP contribution in [0, 0.1) is 17.7 Å². The topological polar surface area (TPSA) is 9.23 Å². The van der Waals surface area contributed by atoms with Gasteiger partial charge >= 0.3 is 0 Å². The summed E-state index contributed by atoms with van der Waals surface area (Å²) >= 11 is 5.53. The summed E-state index contributed by atoms with van der Waals surface area (Å²) < 4.78 is 19.0. The molecule has 1 atom stereocenters. The van der Waals surface area contributed by atoms with Gasteiger partial charge in [0.25, 0.3) is 0 Å². The van der Waals surface area contributed by atoms with Gasteiger partial charge in [0.05, 0.1) is 6.10 Å². The largest absolute Gasteiger partial charge is 0.491 e. The van der Waals surface area contributed by atoms with Crippen LogP contribution in [0.4, 0.5) is 4.39 Å². The first-order chi connectivity index (χ1) is 8.65. The zero-order valence-electron chi connectivity index (χ0n) is 10.8. The minimum atomic E-state index is -0.327. The highest BCUT2D eigenvalue weighted by Gasteiger charge is 2.05. The fourth-order valence-corrected chi connectivity index (χ4v) is 1.71. The van der Waals surface area contributed by atoms with Crippen LogP contribution in [0.15, 0.2) is 18.2 Å². The number of hydrogen-bond donors (Lipinski definition) is 0. The van der Waals surface area contributed by atoms with Crippen molar-refractivity contribution >= 4 is 11.6 Å². The van der Waals surface area contributed by atoms with E-state index in [-0.39, 0.29) is 11.9 Å². The summed E-state index contributed by atoms with van der Waals surface area (Å²) in [4.78, 5) is 0. The van der Waals surface area contributed by atoms with Gasteiger partial charge in [-0.05, 0) is 25.5 Å². The number of hydrogen-bond acceptors (Lipinski definition) is 1. The lowest BCUT2D eigenvalue weighted by Crippen LogP contribution is -2.11. The molecule has 0 aromatic heterocycles. The molecule has 1 aromatic carbocycles. The van der Waals surface area contributed by atoms with E-state index in [0.717, 1.165) is 12.8 Å². The highest BCUT2D eigenvalue weighted by Crippen LogP contribution is 2.18. The summed E-state index contributed by atoms with van der Waals surface area (Å²) in [6, 6.07) is 4.55. The number of halogens is 2. The molecule has 0 amide bonds. The normalized spacial score (nSPS) is 11.6. The van der Waals surface area contributed by atoms with Gasteiger partial charge < -0.3 is 4.74 Å². The van der Waals surface area contributed by atoms with Gasteiger partial charge in [-0.1, -0.05) is 25.2 Å². The van der Waals surface area contributed by atoms with Crippen LogP contribution in [0.1, 0.15) is 38.7 Å². The van der Waals surface area contributed by atoms with Crippen LogP contribution in [-0.4, -0.2) is 12.0 Å². The lowest BCUT2D eigenvalue weighted by molar-refractivity contribution is 0.209. The first kappa shape index (κ1) is 14.9. The van der Waals surface area contributed by atoms with E-state index >= 15 is 0 Å². The maximum Gasteiger partial charge on any atom is 0.128 e. The summed E-state index contributed by atoms with van der Waals surface area (Å²) in [5, 5.41) is 0. The molecule has 0 radical (unpaired) electrons. The molecule has 1 rings (SSSR count). The SMILES string of the molecule is CCCC(C)Oc1cc(F)cc(C#CCCCl)c1. The van der Waals surface area contributed by atoms with Crippen LogP contribution in [0.2, 0.25) is 0 Å². The van der Waals surface area contributed by atoms with Crippen molar-refractivity contribution in [1.82, 2.24) is 0 Å². The van der Waals surface area contributed by atoms with Crippen LogP contribution in [0.5, 0.6) is 5.75 Å². The Labute approximate surface area is 113 Å². The van der Waals surface area contributed by atoms with E-state index in [2.05, 4.69) is 18.8 Å². The molecular formula is C15H18ClFO. The maximum atomic E-state index is 13.4. The molecule has 0 saturated carbocycles. The summed E-state index contributed by atoms with van der Waals surface area (Å²) in [7, 11) is 0. The van der Waals surface area contributed by atoms with Crippen LogP contribution in [0.25, 0.3) is 0 Å². The molecular weight excluding hydrogens is 251 g/mol. The summed E-state index contributed by atoms with van der Waals surface area (Å²) in [6.07, 6.45) is 2.67. The number of rotatable bonds is 5. The minimum absolute atomic E-state index is 0.0838. The second-order valence-corrected chi connectivity index (χ2v) is 4.51. The fourth-order valence-electron chi connectivity index (χ4n) is 1.61. The Morgan fingerprint density at radius 2 is 2.17 bits per heavy atom. The third-order valence-corrected chi connectivity index (χ3v) is 2.54. The highest BCUT2D eigenvalue weighted by molar-refractivity contribution is 6.18. The zero-order chi connectivity index (χ0) is 13.4. The van der Waals surface area contributed by atoms with E-state index in [1.807, 2.05) is 6.92 Å². The Morgan fingerprint density at radius 1 is 1.39 bits per heavy atom. The van der Waals surface area contributed by atoms with Crippen molar-refractivity contribution in [2.75, 3.05) is 5.88 Å². The summed E-state index contributed by atoms with van der Waals surface area (Å²) in [5.74, 6) is 6.45. The van der Waals surface area contributed by atoms with Crippen molar-refractivity contribution in [3.05, 3.63) is 29.6 Å². The van der Waals surface area contributed by atoms with Crippen molar-refractivity contribution < 1.29 is 9.13 Å². The first-order valence-electron chi connectivity index (χ1n) is 6.17. The molecule has 18 heavy (non-hydrogen) atoms. The van der Waals surface area contributed by atoms with Gasteiger partial charge in [-0.25, -0.2) is 4.39 Å². The van der Waals surface area contributed by atoms with Gasteiger partial charge in [-0.2, -0.15) is 0 Å². The van der Waals surface area contributed by atoms with Gasteiger partial charge in [-0.3, -0.25) is 0 Å². The molecule has 0 spiro atoms. The van der Waals surface area contributed by atoms with Crippen molar-refractivity contribution in [3.8, 4) is 17.6 Å². The maximum absolute atomic E-state index is 13.4. The lowest BCUT2D eigenvalue weighted by atomic mass is 10.2. The number of benzene rings is 1. The van der Waals surface area contributed by atoms with Crippen molar-refractivity contribution in [1.29, 1.82) is 0 Å². The molecule has 0 aliphatic heterocycles. The molecule has 0 aliphatic carbocycles. The quantitative estimate of drug-likeness (QED) is 0.569. The second-order valence-electron chi connectivity index (χ2n) is 4.13. The third kappa shape index (κ3) is 5.42. The van der Waals surface area contributed by atoms with Gasteiger partial charge in [0.15, 0.2) is 0 Å². The smallest absolute Gasteiger partial charge is 0.128 e. The molecule has 0 heterocycles. The van der Waals surface area contributed by atoms with Crippen LogP contribution < -0.4 is 4.74 Å². The van der Waals surface area contributed by atoms with Crippen LogP contribution >= 0.6 is 11.6 Å². The molecule has 0 saturated heterocycles. The fraction of sp³-hybridized carbons (Fsp3) is 0.467. The predicted octanol–water partition coefficient (Wildman–Crippen LogP) is 4.37. The first-order valence-corrected chi connectivity index (χ1v) is 6.71. The molecule has 3 heteroatoms.